The third kappa shape index (κ3) is 13.6. The van der Waals surface area contributed by atoms with E-state index >= 15 is 0 Å². The Hall–Kier alpha value is -0.0400. The van der Waals surface area contributed by atoms with Crippen molar-refractivity contribution in [3.63, 3.8) is 0 Å². The van der Waals surface area contributed by atoms with Crippen LogP contribution in [0.15, 0.2) is 0 Å². The first-order chi connectivity index (χ1) is 10.5. The summed E-state index contributed by atoms with van der Waals surface area (Å²) in [5.74, 6) is 0. The van der Waals surface area contributed by atoms with Crippen molar-refractivity contribution in [2.24, 2.45) is 0 Å². The third-order valence-corrected chi connectivity index (χ3v) is 5.49. The first-order valence-corrected chi connectivity index (χ1v) is 10.3. The van der Waals surface area contributed by atoms with Gasteiger partial charge < -0.3 is 4.48 Å². The zero-order valence-corrected chi connectivity index (χ0v) is 16.6. The second-order valence-corrected chi connectivity index (χ2v) is 8.19. The molecule has 134 valence electrons. The van der Waals surface area contributed by atoms with Gasteiger partial charge in [-0.15, -0.1) is 0 Å². The molecule has 0 atom stereocenters. The molecule has 0 aromatic carbocycles. The summed E-state index contributed by atoms with van der Waals surface area (Å²) < 4.78 is 1.18. The lowest BCUT2D eigenvalue weighted by Gasteiger charge is -2.34. The highest BCUT2D eigenvalue weighted by molar-refractivity contribution is 4.50. The van der Waals surface area contributed by atoms with Gasteiger partial charge in [-0.3, -0.25) is 0 Å². The number of quaternary nitrogens is 1. The maximum absolute atomic E-state index is 2.37. The monoisotopic (exact) mass is 312 g/mol. The summed E-state index contributed by atoms with van der Waals surface area (Å²) >= 11 is 0. The molecule has 0 unspecified atom stereocenters. The van der Waals surface area contributed by atoms with Gasteiger partial charge in [-0.2, -0.15) is 0 Å². The Bertz CT molecular complexity index is 220. The van der Waals surface area contributed by atoms with E-state index in [9.17, 15) is 0 Å². The van der Waals surface area contributed by atoms with Crippen LogP contribution >= 0.6 is 0 Å². The number of hydrogen-bond donors (Lipinski definition) is 0. The highest BCUT2D eigenvalue weighted by Gasteiger charge is 2.18. The zero-order valence-electron chi connectivity index (χ0n) is 16.6. The predicted octanol–water partition coefficient (Wildman–Crippen LogP) is 6.95. The first kappa shape index (κ1) is 22.0. The van der Waals surface area contributed by atoms with Gasteiger partial charge in [0.05, 0.1) is 26.7 Å². The van der Waals surface area contributed by atoms with Crippen LogP contribution in [0.2, 0.25) is 0 Å². The van der Waals surface area contributed by atoms with Gasteiger partial charge in [0.1, 0.15) is 0 Å². The fraction of sp³-hybridized carbons (Fsp3) is 1.00. The predicted molar refractivity (Wildman–Crippen MR) is 102 cm³/mol. The molecule has 0 aliphatic rings. The second-order valence-electron chi connectivity index (χ2n) is 8.19. The van der Waals surface area contributed by atoms with E-state index in [-0.39, 0.29) is 0 Å². The largest absolute Gasteiger partial charge is 0.327 e. The van der Waals surface area contributed by atoms with Crippen molar-refractivity contribution in [1.29, 1.82) is 0 Å². The minimum Gasteiger partial charge on any atom is -0.327 e. The second kappa shape index (κ2) is 14.5. The molecule has 0 spiro atoms. The zero-order chi connectivity index (χ0) is 16.7. The van der Waals surface area contributed by atoms with E-state index in [0.717, 1.165) is 6.04 Å². The summed E-state index contributed by atoms with van der Waals surface area (Å²) in [4.78, 5) is 0. The van der Waals surface area contributed by atoms with Crippen molar-refractivity contribution in [3.05, 3.63) is 0 Å². The Morgan fingerprint density at radius 3 is 1.18 bits per heavy atom. The van der Waals surface area contributed by atoms with E-state index in [1.165, 1.54) is 101 Å². The van der Waals surface area contributed by atoms with Gasteiger partial charge >= 0.3 is 0 Å². The van der Waals surface area contributed by atoms with Gasteiger partial charge in [0.15, 0.2) is 0 Å². The first-order valence-electron chi connectivity index (χ1n) is 10.3. The summed E-state index contributed by atoms with van der Waals surface area (Å²) in [5, 5.41) is 0. The van der Waals surface area contributed by atoms with E-state index in [4.69, 9.17) is 0 Å². The number of nitrogens with zero attached hydrogens (tertiary/aromatic N) is 1. The maximum atomic E-state index is 2.37. The van der Waals surface area contributed by atoms with Crippen molar-refractivity contribution in [2.75, 3.05) is 20.6 Å². The van der Waals surface area contributed by atoms with Crippen LogP contribution in [-0.4, -0.2) is 31.2 Å². The topological polar surface area (TPSA) is 0 Å². The Morgan fingerprint density at radius 1 is 0.545 bits per heavy atom. The molecule has 0 fully saturated rings. The molecule has 0 aromatic heterocycles. The molecular formula is C21H46N+. The van der Waals surface area contributed by atoms with Crippen molar-refractivity contribution in [2.45, 2.75) is 117 Å². The van der Waals surface area contributed by atoms with Gasteiger partial charge in [-0.1, -0.05) is 84.0 Å². The van der Waals surface area contributed by atoms with Gasteiger partial charge in [0.25, 0.3) is 0 Å². The molecule has 0 rings (SSSR count). The molecule has 0 saturated heterocycles. The highest BCUT2D eigenvalue weighted by atomic mass is 15.3. The van der Waals surface area contributed by atoms with E-state index in [1.807, 2.05) is 0 Å². The molecule has 0 N–H and O–H groups in total. The molecule has 22 heavy (non-hydrogen) atoms. The molecule has 1 heteroatoms. The SMILES string of the molecule is CCCCCCCCCCCCCCCC[N+](C)(C)C(C)C. The minimum absolute atomic E-state index is 0.752. The molecule has 0 amide bonds. The van der Waals surface area contributed by atoms with Gasteiger partial charge in [0.2, 0.25) is 0 Å². The molecule has 0 aromatic rings. The van der Waals surface area contributed by atoms with Crippen LogP contribution in [0.1, 0.15) is 111 Å². The van der Waals surface area contributed by atoms with Gasteiger partial charge in [-0.05, 0) is 26.7 Å². The van der Waals surface area contributed by atoms with Crippen LogP contribution in [0.4, 0.5) is 0 Å². The molecule has 0 saturated carbocycles. The fourth-order valence-electron chi connectivity index (χ4n) is 2.97. The molecule has 0 bridgehead atoms. The van der Waals surface area contributed by atoms with Crippen LogP contribution in [0.25, 0.3) is 0 Å². The summed E-state index contributed by atoms with van der Waals surface area (Å²) in [6.45, 7) is 8.31. The minimum atomic E-state index is 0.752. The number of unbranched alkanes of at least 4 members (excludes halogenated alkanes) is 13. The van der Waals surface area contributed by atoms with E-state index in [0.29, 0.717) is 0 Å². The van der Waals surface area contributed by atoms with Crippen LogP contribution in [0.3, 0.4) is 0 Å². The summed E-state index contributed by atoms with van der Waals surface area (Å²) in [7, 11) is 4.74. The van der Waals surface area contributed by atoms with Crippen LogP contribution in [0.5, 0.6) is 0 Å². The highest BCUT2D eigenvalue weighted by Crippen LogP contribution is 2.14. The molecule has 0 aliphatic carbocycles. The van der Waals surface area contributed by atoms with Crippen molar-refractivity contribution in [3.8, 4) is 0 Å². The van der Waals surface area contributed by atoms with Crippen molar-refractivity contribution >= 4 is 0 Å². The van der Waals surface area contributed by atoms with Crippen molar-refractivity contribution in [1.82, 2.24) is 0 Å². The van der Waals surface area contributed by atoms with Crippen LogP contribution in [0, 0.1) is 0 Å². The lowest BCUT2D eigenvalue weighted by Crippen LogP contribution is -2.46. The van der Waals surface area contributed by atoms with Crippen LogP contribution < -0.4 is 0 Å². The fourth-order valence-corrected chi connectivity index (χ4v) is 2.97. The maximum Gasteiger partial charge on any atom is 0.0829 e. The van der Waals surface area contributed by atoms with E-state index < -0.39 is 0 Å². The number of hydrogen-bond acceptors (Lipinski definition) is 0. The molecule has 0 radical (unpaired) electrons. The Balaban J connectivity index is 3.15. The smallest absolute Gasteiger partial charge is 0.0829 e. The normalized spacial score (nSPS) is 12.3. The van der Waals surface area contributed by atoms with Gasteiger partial charge in [0, 0.05) is 0 Å². The molecule has 0 aliphatic heterocycles. The third-order valence-electron chi connectivity index (χ3n) is 5.49. The quantitative estimate of drug-likeness (QED) is 0.213. The van der Waals surface area contributed by atoms with Crippen LogP contribution in [-0.2, 0) is 0 Å². The number of rotatable bonds is 16. The average molecular weight is 313 g/mol. The lowest BCUT2D eigenvalue weighted by molar-refractivity contribution is -0.911. The Kier molecular flexibility index (Phi) is 14.5. The summed E-state index contributed by atoms with van der Waals surface area (Å²) in [6, 6.07) is 0.752. The van der Waals surface area contributed by atoms with Gasteiger partial charge in [-0.25, -0.2) is 0 Å². The Morgan fingerprint density at radius 2 is 0.864 bits per heavy atom. The molecule has 0 heterocycles. The molecule has 1 nitrogen and oxygen atoms in total. The van der Waals surface area contributed by atoms with E-state index in [1.54, 1.807) is 0 Å². The van der Waals surface area contributed by atoms with Crippen molar-refractivity contribution < 1.29 is 4.48 Å². The van der Waals surface area contributed by atoms with E-state index in [2.05, 4.69) is 34.9 Å². The Labute approximate surface area is 142 Å². The molecular weight excluding hydrogens is 266 g/mol. The summed E-state index contributed by atoms with van der Waals surface area (Å²) in [5.41, 5.74) is 0. The average Bonchev–Trinajstić information content (AvgIpc) is 2.47. The standard InChI is InChI=1S/C21H46N/c1-6-7-8-9-10-11-12-13-14-15-16-17-18-19-20-22(4,5)21(2)3/h21H,6-20H2,1-5H3/q+1. The lowest BCUT2D eigenvalue weighted by atomic mass is 10.0. The summed E-state index contributed by atoms with van der Waals surface area (Å²) in [6.07, 6.45) is 20.4.